The summed E-state index contributed by atoms with van der Waals surface area (Å²) in [7, 11) is 0. The smallest absolute Gasteiger partial charge is 0.140 e. The molecule has 1 aliphatic heterocycles. The number of nitrogens with zero attached hydrogens (tertiary/aromatic N) is 1. The molecule has 0 amide bonds. The van der Waals surface area contributed by atoms with E-state index in [1.54, 1.807) is 0 Å². The second-order valence-electron chi connectivity index (χ2n) is 4.72. The van der Waals surface area contributed by atoms with Crippen molar-refractivity contribution in [3.05, 3.63) is 29.8 Å². The normalized spacial score (nSPS) is 25.8. The van der Waals surface area contributed by atoms with Gasteiger partial charge in [0.2, 0.25) is 0 Å². The van der Waals surface area contributed by atoms with Gasteiger partial charge in [-0.15, -0.1) is 0 Å². The summed E-state index contributed by atoms with van der Waals surface area (Å²) in [5, 5.41) is 0. The molecule has 1 saturated heterocycles. The summed E-state index contributed by atoms with van der Waals surface area (Å²) in [4.78, 5) is 2.10. The van der Waals surface area contributed by atoms with Crippen LogP contribution in [0.25, 0.3) is 0 Å². The average Bonchev–Trinajstić information content (AvgIpc) is 2.29. The first-order valence-corrected chi connectivity index (χ1v) is 5.84. The summed E-state index contributed by atoms with van der Waals surface area (Å²) < 4.78 is 14.2. The number of nitrogens with two attached hydrogens (primary N) is 1. The number of hydrogen-bond acceptors (Lipinski definition) is 2. The Morgan fingerprint density at radius 3 is 3.00 bits per heavy atom. The molecule has 1 unspecified atom stereocenters. The predicted molar refractivity (Wildman–Crippen MR) is 65.5 cm³/mol. The van der Waals surface area contributed by atoms with Crippen LogP contribution in [0.15, 0.2) is 24.3 Å². The fourth-order valence-corrected chi connectivity index (χ4v) is 2.30. The van der Waals surface area contributed by atoms with Gasteiger partial charge in [-0.3, -0.25) is 0 Å². The molecule has 16 heavy (non-hydrogen) atoms. The zero-order valence-corrected chi connectivity index (χ0v) is 9.75. The van der Waals surface area contributed by atoms with Crippen molar-refractivity contribution in [1.82, 2.24) is 0 Å². The lowest BCUT2D eigenvalue weighted by Gasteiger charge is -2.38. The molecule has 0 bridgehead atoms. The Labute approximate surface area is 96.2 Å². The lowest BCUT2D eigenvalue weighted by atomic mass is 9.94. The molecule has 0 radical (unpaired) electrons. The highest BCUT2D eigenvalue weighted by molar-refractivity contribution is 5.49. The van der Waals surface area contributed by atoms with Crippen LogP contribution >= 0.6 is 0 Å². The minimum absolute atomic E-state index is 0.120. The zero-order valence-electron chi connectivity index (χ0n) is 9.75. The van der Waals surface area contributed by atoms with E-state index in [2.05, 4.69) is 24.0 Å². The predicted octanol–water partition coefficient (Wildman–Crippen LogP) is 2.26. The Morgan fingerprint density at radius 2 is 2.31 bits per heavy atom. The Kier molecular flexibility index (Phi) is 3.15. The topological polar surface area (TPSA) is 29.3 Å². The van der Waals surface area contributed by atoms with Crippen LogP contribution < -0.4 is 10.6 Å². The first-order chi connectivity index (χ1) is 7.63. The molecule has 0 spiro atoms. The highest BCUT2D eigenvalue weighted by Crippen LogP contribution is 2.28. The summed E-state index contributed by atoms with van der Waals surface area (Å²) in [6.45, 7) is 3.52. The van der Waals surface area contributed by atoms with Gasteiger partial charge < -0.3 is 10.6 Å². The van der Waals surface area contributed by atoms with Crippen molar-refractivity contribution in [2.75, 3.05) is 24.5 Å². The van der Waals surface area contributed by atoms with E-state index in [1.807, 2.05) is 12.1 Å². The molecule has 1 aromatic carbocycles. The second kappa shape index (κ2) is 4.42. The van der Waals surface area contributed by atoms with Crippen molar-refractivity contribution >= 4 is 5.69 Å². The first kappa shape index (κ1) is 11.4. The van der Waals surface area contributed by atoms with Gasteiger partial charge >= 0.3 is 0 Å². The monoisotopic (exact) mass is 222 g/mol. The van der Waals surface area contributed by atoms with Crippen LogP contribution in [0.2, 0.25) is 0 Å². The minimum atomic E-state index is -1.21. The molecule has 2 rings (SSSR count). The van der Waals surface area contributed by atoms with Gasteiger partial charge in [0.15, 0.2) is 0 Å². The van der Waals surface area contributed by atoms with Gasteiger partial charge in [0.05, 0.1) is 6.54 Å². The Hall–Kier alpha value is -1.09. The van der Waals surface area contributed by atoms with Crippen LogP contribution in [-0.4, -0.2) is 25.3 Å². The number of benzene rings is 1. The SMILES string of the molecule is Cc1cccc(N2CCCC(F)(CN)C2)c1. The van der Waals surface area contributed by atoms with Crippen molar-refractivity contribution in [3.63, 3.8) is 0 Å². The van der Waals surface area contributed by atoms with Crippen molar-refractivity contribution in [3.8, 4) is 0 Å². The summed E-state index contributed by atoms with van der Waals surface area (Å²) in [6, 6.07) is 8.21. The van der Waals surface area contributed by atoms with Crippen molar-refractivity contribution in [2.24, 2.45) is 5.73 Å². The van der Waals surface area contributed by atoms with Gasteiger partial charge in [-0.2, -0.15) is 0 Å². The summed E-state index contributed by atoms with van der Waals surface area (Å²) in [6.07, 6.45) is 1.47. The molecule has 88 valence electrons. The second-order valence-corrected chi connectivity index (χ2v) is 4.72. The zero-order chi connectivity index (χ0) is 11.6. The maximum atomic E-state index is 14.2. The number of rotatable bonds is 2. The summed E-state index contributed by atoms with van der Waals surface area (Å²) in [5.74, 6) is 0. The number of alkyl halides is 1. The van der Waals surface area contributed by atoms with Gasteiger partial charge in [-0.05, 0) is 37.5 Å². The highest BCUT2D eigenvalue weighted by Gasteiger charge is 2.34. The number of anilines is 1. The Bertz CT molecular complexity index is 367. The standard InChI is InChI=1S/C13H19FN2/c1-11-4-2-5-12(8-11)16-7-3-6-13(14,9-15)10-16/h2,4-5,8H,3,6-7,9-10,15H2,1H3. The van der Waals surface area contributed by atoms with Crippen molar-refractivity contribution in [2.45, 2.75) is 25.4 Å². The Morgan fingerprint density at radius 1 is 1.50 bits per heavy atom. The number of piperidine rings is 1. The fraction of sp³-hybridized carbons (Fsp3) is 0.538. The lowest BCUT2D eigenvalue weighted by Crippen LogP contribution is -2.49. The van der Waals surface area contributed by atoms with E-state index in [-0.39, 0.29) is 6.54 Å². The number of aryl methyl sites for hydroxylation is 1. The molecule has 0 aliphatic carbocycles. The highest BCUT2D eigenvalue weighted by atomic mass is 19.1. The fourth-order valence-electron chi connectivity index (χ4n) is 2.30. The summed E-state index contributed by atoms with van der Waals surface area (Å²) >= 11 is 0. The van der Waals surface area contributed by atoms with Gasteiger partial charge in [-0.25, -0.2) is 4.39 Å². The average molecular weight is 222 g/mol. The third-order valence-corrected chi connectivity index (χ3v) is 3.26. The molecule has 0 aromatic heterocycles. The Balaban J connectivity index is 2.16. The van der Waals surface area contributed by atoms with E-state index < -0.39 is 5.67 Å². The molecular weight excluding hydrogens is 203 g/mol. The van der Waals surface area contributed by atoms with E-state index in [1.165, 1.54) is 5.56 Å². The van der Waals surface area contributed by atoms with Crippen LogP contribution in [-0.2, 0) is 0 Å². The van der Waals surface area contributed by atoms with E-state index >= 15 is 0 Å². The third kappa shape index (κ3) is 2.35. The molecule has 1 aliphatic rings. The van der Waals surface area contributed by atoms with Crippen LogP contribution in [0.4, 0.5) is 10.1 Å². The molecule has 0 saturated carbocycles. The molecule has 1 heterocycles. The molecular formula is C13H19FN2. The number of halogens is 1. The molecule has 1 atom stereocenters. The number of hydrogen-bond donors (Lipinski definition) is 1. The van der Waals surface area contributed by atoms with Crippen LogP contribution in [0, 0.1) is 6.92 Å². The van der Waals surface area contributed by atoms with E-state index in [0.717, 1.165) is 18.7 Å². The van der Waals surface area contributed by atoms with E-state index in [0.29, 0.717) is 13.0 Å². The molecule has 3 heteroatoms. The lowest BCUT2D eigenvalue weighted by molar-refractivity contribution is 0.146. The first-order valence-electron chi connectivity index (χ1n) is 5.84. The molecule has 2 nitrogen and oxygen atoms in total. The largest absolute Gasteiger partial charge is 0.368 e. The van der Waals surface area contributed by atoms with Gasteiger partial charge in [0, 0.05) is 18.8 Å². The van der Waals surface area contributed by atoms with Crippen LogP contribution in [0.1, 0.15) is 18.4 Å². The van der Waals surface area contributed by atoms with Crippen LogP contribution in [0.5, 0.6) is 0 Å². The summed E-state index contributed by atoms with van der Waals surface area (Å²) in [5.41, 5.74) is 6.61. The maximum Gasteiger partial charge on any atom is 0.140 e. The maximum absolute atomic E-state index is 14.2. The third-order valence-electron chi connectivity index (χ3n) is 3.26. The van der Waals surface area contributed by atoms with Gasteiger partial charge in [0.25, 0.3) is 0 Å². The molecule has 1 fully saturated rings. The molecule has 2 N–H and O–H groups in total. The quantitative estimate of drug-likeness (QED) is 0.831. The van der Waals surface area contributed by atoms with E-state index in [9.17, 15) is 4.39 Å². The van der Waals surface area contributed by atoms with E-state index in [4.69, 9.17) is 5.73 Å². The molecule has 1 aromatic rings. The van der Waals surface area contributed by atoms with Crippen LogP contribution in [0.3, 0.4) is 0 Å². The van der Waals surface area contributed by atoms with Crippen molar-refractivity contribution < 1.29 is 4.39 Å². The van der Waals surface area contributed by atoms with Crippen molar-refractivity contribution in [1.29, 1.82) is 0 Å². The van der Waals surface area contributed by atoms with Gasteiger partial charge in [0.1, 0.15) is 5.67 Å². The minimum Gasteiger partial charge on any atom is -0.368 e. The van der Waals surface area contributed by atoms with Gasteiger partial charge in [-0.1, -0.05) is 12.1 Å².